The highest BCUT2D eigenvalue weighted by Crippen LogP contribution is 2.61. The maximum absolute atomic E-state index is 12.8. The van der Waals surface area contributed by atoms with Crippen LogP contribution in [0.4, 0.5) is 0 Å². The predicted octanol–water partition coefficient (Wildman–Crippen LogP) is -0.691. The van der Waals surface area contributed by atoms with Crippen LogP contribution in [0.15, 0.2) is 29.4 Å². The highest BCUT2D eigenvalue weighted by Gasteiger charge is 2.70. The van der Waals surface area contributed by atoms with E-state index in [1.54, 1.807) is 12.1 Å². The van der Waals surface area contributed by atoms with Crippen molar-refractivity contribution in [1.29, 1.82) is 5.26 Å². The van der Waals surface area contributed by atoms with Gasteiger partial charge in [0, 0.05) is 17.4 Å². The SMILES string of the molecule is N#CCOc1ccccc1C1=NO[C@@H]2[C@@H]3C[C@@H]([C@H]4C(=O)N(CC(=O)[O-])C(=O)[C@@H]34)[C@H]12. The lowest BCUT2D eigenvalue weighted by molar-refractivity contribution is -0.305. The van der Waals surface area contributed by atoms with Gasteiger partial charge in [0.1, 0.15) is 17.9 Å². The molecule has 9 heteroatoms. The van der Waals surface area contributed by atoms with Crippen LogP contribution in [-0.4, -0.2) is 47.7 Å². The Bertz CT molecular complexity index is 998. The number of benzene rings is 1. The lowest BCUT2D eigenvalue weighted by Crippen LogP contribution is -2.42. The first-order chi connectivity index (χ1) is 14.0. The largest absolute Gasteiger partial charge is 0.548 e. The molecule has 2 bridgehead atoms. The summed E-state index contributed by atoms with van der Waals surface area (Å²) in [7, 11) is 0. The number of carbonyl (C=O) groups is 3. The molecule has 2 aliphatic carbocycles. The minimum absolute atomic E-state index is 0.110. The molecule has 2 heterocycles. The maximum atomic E-state index is 12.8. The summed E-state index contributed by atoms with van der Waals surface area (Å²) in [6.45, 7) is -0.826. The summed E-state index contributed by atoms with van der Waals surface area (Å²) in [4.78, 5) is 43.0. The van der Waals surface area contributed by atoms with Gasteiger partial charge in [-0.3, -0.25) is 14.5 Å². The molecule has 0 radical (unpaired) electrons. The van der Waals surface area contributed by atoms with Gasteiger partial charge < -0.3 is 19.5 Å². The third-order valence-electron chi connectivity index (χ3n) is 6.52. The number of amides is 2. The Morgan fingerprint density at radius 3 is 2.69 bits per heavy atom. The van der Waals surface area contributed by atoms with Gasteiger partial charge in [0.2, 0.25) is 11.8 Å². The number of nitrogens with zero attached hydrogens (tertiary/aromatic N) is 3. The fourth-order valence-corrected chi connectivity index (χ4v) is 5.61. The van der Waals surface area contributed by atoms with Crippen LogP contribution in [0.3, 0.4) is 0 Å². The Labute approximate surface area is 165 Å². The standard InChI is InChI=1S/C20H17N3O6/c21-5-6-28-12-4-2-1-3-9(12)17-16-10-7-11(18(16)29-22-17)15-14(10)19(26)23(20(15)27)8-13(24)25/h1-4,10-11,14-16,18H,6-8H2,(H,24,25)/p-1/t10-,11+,14+,15-,16+,18+/m0/s1. The number of carbonyl (C=O) groups excluding carboxylic acids is 3. The normalized spacial score (nSPS) is 33.8. The van der Waals surface area contributed by atoms with Gasteiger partial charge in [-0.25, -0.2) is 0 Å². The molecule has 0 unspecified atom stereocenters. The van der Waals surface area contributed by atoms with E-state index in [1.165, 1.54) is 0 Å². The number of imide groups is 1. The van der Waals surface area contributed by atoms with Crippen molar-refractivity contribution in [3.8, 4) is 11.8 Å². The van der Waals surface area contributed by atoms with Crippen LogP contribution >= 0.6 is 0 Å². The van der Waals surface area contributed by atoms with Crippen LogP contribution in [0, 0.1) is 40.9 Å². The molecule has 5 rings (SSSR count). The third kappa shape index (κ3) is 2.38. The first kappa shape index (κ1) is 17.7. The van der Waals surface area contributed by atoms with E-state index in [4.69, 9.17) is 14.8 Å². The molecule has 3 fully saturated rings. The van der Waals surface area contributed by atoms with Crippen LogP contribution < -0.4 is 9.84 Å². The van der Waals surface area contributed by atoms with E-state index < -0.39 is 36.2 Å². The fourth-order valence-electron chi connectivity index (χ4n) is 5.61. The summed E-state index contributed by atoms with van der Waals surface area (Å²) in [5.41, 5.74) is 1.34. The predicted molar refractivity (Wildman–Crippen MR) is 92.8 cm³/mol. The zero-order valence-corrected chi connectivity index (χ0v) is 15.2. The molecule has 9 nitrogen and oxygen atoms in total. The molecular weight excluding hydrogens is 378 g/mol. The third-order valence-corrected chi connectivity index (χ3v) is 6.52. The van der Waals surface area contributed by atoms with E-state index in [9.17, 15) is 19.5 Å². The molecule has 6 atom stereocenters. The van der Waals surface area contributed by atoms with Gasteiger partial charge in [0.05, 0.1) is 30.1 Å². The number of carboxylic acids is 1. The second kappa shape index (κ2) is 6.30. The molecule has 29 heavy (non-hydrogen) atoms. The van der Waals surface area contributed by atoms with Crippen molar-refractivity contribution in [3.05, 3.63) is 29.8 Å². The molecule has 1 saturated heterocycles. The number of carboxylic acid groups (broad SMARTS) is 1. The van der Waals surface area contributed by atoms with E-state index >= 15 is 0 Å². The molecule has 2 saturated carbocycles. The molecule has 0 spiro atoms. The molecule has 2 aliphatic heterocycles. The molecule has 4 aliphatic rings. The Balaban J connectivity index is 1.47. The van der Waals surface area contributed by atoms with Crippen molar-refractivity contribution < 1.29 is 29.1 Å². The fraction of sp³-hybridized carbons (Fsp3) is 0.450. The second-order valence-corrected chi connectivity index (χ2v) is 7.76. The monoisotopic (exact) mass is 394 g/mol. The number of para-hydroxylation sites is 1. The average molecular weight is 394 g/mol. The summed E-state index contributed by atoms with van der Waals surface area (Å²) >= 11 is 0. The van der Waals surface area contributed by atoms with Gasteiger partial charge in [0.15, 0.2) is 6.61 Å². The highest BCUT2D eigenvalue weighted by atomic mass is 16.6. The van der Waals surface area contributed by atoms with E-state index in [0.717, 1.165) is 4.90 Å². The van der Waals surface area contributed by atoms with E-state index in [-0.39, 0.29) is 30.5 Å². The van der Waals surface area contributed by atoms with Crippen molar-refractivity contribution >= 4 is 23.5 Å². The van der Waals surface area contributed by atoms with E-state index in [2.05, 4.69) is 5.16 Å². The quantitative estimate of drug-likeness (QED) is 0.604. The molecule has 1 aromatic rings. The first-order valence-electron chi connectivity index (χ1n) is 9.41. The van der Waals surface area contributed by atoms with Crippen molar-refractivity contribution in [2.24, 2.45) is 34.7 Å². The van der Waals surface area contributed by atoms with Gasteiger partial charge in [-0.15, -0.1) is 0 Å². The van der Waals surface area contributed by atoms with Crippen LogP contribution in [0.25, 0.3) is 0 Å². The number of hydrogen-bond acceptors (Lipinski definition) is 8. The Hall–Kier alpha value is -3.41. The zero-order chi connectivity index (χ0) is 20.3. The van der Waals surface area contributed by atoms with Crippen molar-refractivity contribution in [2.75, 3.05) is 13.2 Å². The zero-order valence-electron chi connectivity index (χ0n) is 15.2. The molecule has 0 aromatic heterocycles. The number of oxime groups is 1. The number of likely N-dealkylation sites (tertiary alicyclic amines) is 1. The summed E-state index contributed by atoms with van der Waals surface area (Å²) in [5.74, 6) is -3.52. The van der Waals surface area contributed by atoms with Gasteiger partial charge >= 0.3 is 0 Å². The van der Waals surface area contributed by atoms with E-state index in [1.807, 2.05) is 18.2 Å². The average Bonchev–Trinajstić information content (AvgIpc) is 3.43. The molecule has 0 N–H and O–H groups in total. The van der Waals surface area contributed by atoms with Crippen LogP contribution in [0.1, 0.15) is 12.0 Å². The van der Waals surface area contributed by atoms with Crippen LogP contribution in [-0.2, 0) is 19.2 Å². The Morgan fingerprint density at radius 1 is 1.24 bits per heavy atom. The van der Waals surface area contributed by atoms with Crippen molar-refractivity contribution in [2.45, 2.75) is 12.5 Å². The second-order valence-electron chi connectivity index (χ2n) is 7.76. The molecular formula is C20H16N3O6-. The van der Waals surface area contributed by atoms with Gasteiger partial charge in [-0.2, -0.15) is 5.26 Å². The number of ether oxygens (including phenoxy) is 1. The number of nitriles is 1. The number of hydrogen-bond donors (Lipinski definition) is 0. The van der Waals surface area contributed by atoms with Crippen LogP contribution in [0.2, 0.25) is 0 Å². The number of aliphatic carboxylic acids is 1. The smallest absolute Gasteiger partial charge is 0.233 e. The molecule has 1 aromatic carbocycles. The highest BCUT2D eigenvalue weighted by molar-refractivity contribution is 6.10. The Morgan fingerprint density at radius 2 is 1.97 bits per heavy atom. The van der Waals surface area contributed by atoms with Crippen molar-refractivity contribution in [3.63, 3.8) is 0 Å². The lowest BCUT2D eigenvalue weighted by atomic mass is 9.71. The summed E-state index contributed by atoms with van der Waals surface area (Å²) in [6, 6.07) is 9.11. The van der Waals surface area contributed by atoms with Gasteiger partial charge in [-0.1, -0.05) is 17.3 Å². The minimum atomic E-state index is -1.46. The summed E-state index contributed by atoms with van der Waals surface area (Å²) < 4.78 is 5.51. The van der Waals surface area contributed by atoms with Crippen LogP contribution in [0.5, 0.6) is 5.75 Å². The van der Waals surface area contributed by atoms with Gasteiger partial charge in [-0.05, 0) is 24.5 Å². The summed E-state index contributed by atoms with van der Waals surface area (Å²) in [6.07, 6.45) is 0.321. The minimum Gasteiger partial charge on any atom is -0.548 e. The molecule has 148 valence electrons. The maximum Gasteiger partial charge on any atom is 0.233 e. The number of fused-ring (bicyclic) bond motifs is 8. The first-order valence-corrected chi connectivity index (χ1v) is 9.41. The van der Waals surface area contributed by atoms with Crippen molar-refractivity contribution in [1.82, 2.24) is 4.90 Å². The Kier molecular flexibility index (Phi) is 3.84. The van der Waals surface area contributed by atoms with Gasteiger partial charge in [0.25, 0.3) is 0 Å². The lowest BCUT2D eigenvalue weighted by Gasteiger charge is -2.30. The number of rotatable bonds is 5. The topological polar surface area (TPSA) is 132 Å². The van der Waals surface area contributed by atoms with E-state index in [0.29, 0.717) is 23.4 Å². The summed E-state index contributed by atoms with van der Waals surface area (Å²) in [5, 5.41) is 24.0. The molecule has 2 amide bonds.